The lowest BCUT2D eigenvalue weighted by molar-refractivity contribution is -0.142. The number of nitrogens with zero attached hydrogens (tertiary/aromatic N) is 2. The number of aromatic nitrogens is 2. The standard InChI is InChI=1S/C26H23ClN4O4/c1-2-34-22(32)16-17-8-14-21(15-9-17)28-26(33)29-23(18-10-12-20(27)13-11-18)25-31-30-24(35-25)19-6-4-3-5-7-19/h3-15,23H,2,16H2,1H3,(H2,28,29,33)/t23-/m1/s1. The number of benzene rings is 3. The fourth-order valence-electron chi connectivity index (χ4n) is 3.37. The Morgan fingerprint density at radius 3 is 2.37 bits per heavy atom. The van der Waals surface area contributed by atoms with Crippen molar-refractivity contribution in [2.24, 2.45) is 0 Å². The molecule has 4 rings (SSSR count). The van der Waals surface area contributed by atoms with Crippen LogP contribution in [0.15, 0.2) is 83.3 Å². The molecule has 0 aliphatic carbocycles. The van der Waals surface area contributed by atoms with Crippen LogP contribution in [0.2, 0.25) is 5.02 Å². The number of anilines is 1. The molecule has 0 fully saturated rings. The summed E-state index contributed by atoms with van der Waals surface area (Å²) in [5.41, 5.74) is 2.83. The van der Waals surface area contributed by atoms with Gasteiger partial charge in [0.05, 0.1) is 13.0 Å². The van der Waals surface area contributed by atoms with E-state index in [1.807, 2.05) is 30.3 Å². The Bertz CT molecular complexity index is 1270. The highest BCUT2D eigenvalue weighted by molar-refractivity contribution is 6.30. The monoisotopic (exact) mass is 490 g/mol. The smallest absolute Gasteiger partial charge is 0.320 e. The number of esters is 1. The minimum atomic E-state index is -0.708. The predicted octanol–water partition coefficient (Wildman–Crippen LogP) is 5.41. The molecule has 2 N–H and O–H groups in total. The molecule has 8 nitrogen and oxygen atoms in total. The van der Waals surface area contributed by atoms with E-state index in [0.717, 1.165) is 16.7 Å². The lowest BCUT2D eigenvalue weighted by Crippen LogP contribution is -2.33. The average molecular weight is 491 g/mol. The van der Waals surface area contributed by atoms with Gasteiger partial charge < -0.3 is 19.8 Å². The lowest BCUT2D eigenvalue weighted by atomic mass is 10.1. The van der Waals surface area contributed by atoms with Crippen LogP contribution in [-0.4, -0.2) is 28.8 Å². The first-order valence-corrected chi connectivity index (χ1v) is 11.4. The molecule has 2 amide bonds. The van der Waals surface area contributed by atoms with Crippen LogP contribution in [0.5, 0.6) is 0 Å². The number of urea groups is 1. The van der Waals surface area contributed by atoms with Gasteiger partial charge in [-0.25, -0.2) is 4.79 Å². The molecule has 1 heterocycles. The van der Waals surface area contributed by atoms with Gasteiger partial charge in [0, 0.05) is 16.3 Å². The van der Waals surface area contributed by atoms with Crippen LogP contribution in [-0.2, 0) is 16.0 Å². The van der Waals surface area contributed by atoms with Gasteiger partial charge in [0.1, 0.15) is 6.04 Å². The molecule has 0 saturated carbocycles. The molecule has 0 aliphatic heterocycles. The molecule has 1 aromatic heterocycles. The van der Waals surface area contributed by atoms with Gasteiger partial charge in [-0.1, -0.05) is 54.1 Å². The minimum Gasteiger partial charge on any atom is -0.466 e. The maximum Gasteiger partial charge on any atom is 0.320 e. The maximum absolute atomic E-state index is 12.8. The summed E-state index contributed by atoms with van der Waals surface area (Å²) in [4.78, 5) is 24.5. The van der Waals surface area contributed by atoms with Crippen molar-refractivity contribution in [3.63, 3.8) is 0 Å². The van der Waals surface area contributed by atoms with Crippen molar-refractivity contribution < 1.29 is 18.7 Å². The summed E-state index contributed by atoms with van der Waals surface area (Å²) in [6, 6.07) is 22.1. The van der Waals surface area contributed by atoms with Crippen molar-refractivity contribution in [1.82, 2.24) is 15.5 Å². The van der Waals surface area contributed by atoms with Crippen LogP contribution in [0.25, 0.3) is 11.5 Å². The largest absolute Gasteiger partial charge is 0.466 e. The molecule has 0 spiro atoms. The molecule has 0 unspecified atom stereocenters. The van der Waals surface area contributed by atoms with E-state index >= 15 is 0 Å². The van der Waals surface area contributed by atoms with Crippen molar-refractivity contribution in [2.45, 2.75) is 19.4 Å². The highest BCUT2D eigenvalue weighted by Gasteiger charge is 2.23. The number of halogens is 1. The number of carbonyl (C=O) groups excluding carboxylic acids is 2. The number of ether oxygens (including phenoxy) is 1. The van der Waals surface area contributed by atoms with Gasteiger partial charge in [0.25, 0.3) is 0 Å². The lowest BCUT2D eigenvalue weighted by Gasteiger charge is -2.16. The fourth-order valence-corrected chi connectivity index (χ4v) is 3.50. The van der Waals surface area contributed by atoms with Crippen LogP contribution in [0.3, 0.4) is 0 Å². The third kappa shape index (κ3) is 6.45. The van der Waals surface area contributed by atoms with E-state index in [2.05, 4.69) is 20.8 Å². The van der Waals surface area contributed by atoms with E-state index in [9.17, 15) is 9.59 Å². The quantitative estimate of drug-likeness (QED) is 0.320. The first-order chi connectivity index (χ1) is 17.0. The van der Waals surface area contributed by atoms with E-state index in [4.69, 9.17) is 20.8 Å². The number of amides is 2. The van der Waals surface area contributed by atoms with Crippen molar-refractivity contribution in [3.8, 4) is 11.5 Å². The Labute approximate surface area is 207 Å². The number of nitrogens with one attached hydrogen (secondary N) is 2. The molecule has 4 aromatic rings. The van der Waals surface area contributed by atoms with Crippen LogP contribution in [0.4, 0.5) is 10.5 Å². The Hall–Kier alpha value is -4.17. The fraction of sp³-hybridized carbons (Fsp3) is 0.154. The van der Waals surface area contributed by atoms with Gasteiger partial charge in [0.15, 0.2) is 0 Å². The highest BCUT2D eigenvalue weighted by Crippen LogP contribution is 2.26. The number of rotatable bonds is 8. The van der Waals surface area contributed by atoms with E-state index in [1.54, 1.807) is 55.5 Å². The van der Waals surface area contributed by atoms with Gasteiger partial charge in [-0.3, -0.25) is 4.79 Å². The van der Waals surface area contributed by atoms with Crippen LogP contribution >= 0.6 is 11.6 Å². The SMILES string of the molecule is CCOC(=O)Cc1ccc(NC(=O)N[C@H](c2ccc(Cl)cc2)c2nnc(-c3ccccc3)o2)cc1. The molecule has 0 radical (unpaired) electrons. The van der Waals surface area contributed by atoms with E-state index in [1.165, 1.54) is 0 Å². The highest BCUT2D eigenvalue weighted by atomic mass is 35.5. The second kappa shape index (κ2) is 11.3. The molecule has 0 bridgehead atoms. The molecule has 1 atom stereocenters. The zero-order chi connectivity index (χ0) is 24.6. The summed E-state index contributed by atoms with van der Waals surface area (Å²) in [5, 5.41) is 14.5. The van der Waals surface area contributed by atoms with E-state index in [0.29, 0.717) is 23.2 Å². The van der Waals surface area contributed by atoms with Crippen molar-refractivity contribution >= 4 is 29.3 Å². The molecule has 0 saturated heterocycles. The van der Waals surface area contributed by atoms with Crippen LogP contribution in [0.1, 0.15) is 30.0 Å². The normalized spacial score (nSPS) is 11.5. The molecule has 3 aromatic carbocycles. The Kier molecular flexibility index (Phi) is 7.74. The summed E-state index contributed by atoms with van der Waals surface area (Å²) < 4.78 is 10.9. The van der Waals surface area contributed by atoms with Gasteiger partial charge >= 0.3 is 12.0 Å². The third-order valence-corrected chi connectivity index (χ3v) is 5.30. The Morgan fingerprint density at radius 1 is 0.971 bits per heavy atom. The van der Waals surface area contributed by atoms with Crippen LogP contribution in [0, 0.1) is 0 Å². The minimum absolute atomic E-state index is 0.167. The van der Waals surface area contributed by atoms with Crippen LogP contribution < -0.4 is 10.6 Å². The molecule has 0 aliphatic rings. The maximum atomic E-state index is 12.8. The predicted molar refractivity (Wildman–Crippen MR) is 132 cm³/mol. The van der Waals surface area contributed by atoms with E-state index in [-0.39, 0.29) is 18.3 Å². The second-order valence-electron chi connectivity index (χ2n) is 7.57. The second-order valence-corrected chi connectivity index (χ2v) is 8.01. The molecule has 35 heavy (non-hydrogen) atoms. The summed E-state index contributed by atoms with van der Waals surface area (Å²) in [5.74, 6) is 0.274. The first-order valence-electron chi connectivity index (χ1n) is 11.0. The Morgan fingerprint density at radius 2 is 1.69 bits per heavy atom. The topological polar surface area (TPSA) is 106 Å². The van der Waals surface area contributed by atoms with E-state index < -0.39 is 12.1 Å². The zero-order valence-electron chi connectivity index (χ0n) is 18.9. The van der Waals surface area contributed by atoms with Gasteiger partial charge in [-0.15, -0.1) is 10.2 Å². The van der Waals surface area contributed by atoms with Gasteiger partial charge in [-0.2, -0.15) is 0 Å². The number of carbonyl (C=O) groups is 2. The molecular formula is C26H23ClN4O4. The Balaban J connectivity index is 1.50. The molecular weight excluding hydrogens is 468 g/mol. The summed E-state index contributed by atoms with van der Waals surface area (Å²) in [6.45, 7) is 2.10. The number of hydrogen-bond donors (Lipinski definition) is 2. The summed E-state index contributed by atoms with van der Waals surface area (Å²) in [7, 11) is 0. The van der Waals surface area contributed by atoms with Gasteiger partial charge in [0.2, 0.25) is 11.8 Å². The van der Waals surface area contributed by atoms with Crippen molar-refractivity contribution in [1.29, 1.82) is 0 Å². The average Bonchev–Trinajstić information content (AvgIpc) is 3.35. The summed E-state index contributed by atoms with van der Waals surface area (Å²) >= 11 is 6.04. The van der Waals surface area contributed by atoms with Gasteiger partial charge in [-0.05, 0) is 54.4 Å². The molecule has 9 heteroatoms. The summed E-state index contributed by atoms with van der Waals surface area (Å²) in [6.07, 6.45) is 0.167. The first kappa shape index (κ1) is 24.0. The third-order valence-electron chi connectivity index (χ3n) is 5.05. The number of hydrogen-bond acceptors (Lipinski definition) is 6. The van der Waals surface area contributed by atoms with Crippen molar-refractivity contribution in [2.75, 3.05) is 11.9 Å². The zero-order valence-corrected chi connectivity index (χ0v) is 19.7. The molecule has 178 valence electrons. The van der Waals surface area contributed by atoms with Crippen molar-refractivity contribution in [3.05, 3.63) is 101 Å².